The number of ether oxygens (including phenoxy) is 2. The molecule has 0 saturated heterocycles. The van der Waals surface area contributed by atoms with Crippen LogP contribution in [0.15, 0.2) is 11.6 Å². The van der Waals surface area contributed by atoms with Crippen LogP contribution in [0.3, 0.4) is 0 Å². The van der Waals surface area contributed by atoms with Crippen molar-refractivity contribution in [1.29, 1.82) is 0 Å². The lowest BCUT2D eigenvalue weighted by atomic mass is 9.83. The first-order valence-electron chi connectivity index (χ1n) is 8.44. The summed E-state index contributed by atoms with van der Waals surface area (Å²) in [4.78, 5) is 12.1. The Labute approximate surface area is 140 Å². The second-order valence-electron chi connectivity index (χ2n) is 5.80. The van der Waals surface area contributed by atoms with E-state index in [9.17, 15) is 4.79 Å². The van der Waals surface area contributed by atoms with Crippen molar-refractivity contribution in [3.05, 3.63) is 11.6 Å². The van der Waals surface area contributed by atoms with E-state index in [-0.39, 0.29) is 24.2 Å². The number of nitrogens with one attached hydrogen (secondary N) is 1. The highest BCUT2D eigenvalue weighted by Gasteiger charge is 2.33. The fourth-order valence-electron chi connectivity index (χ4n) is 2.82. The van der Waals surface area contributed by atoms with Gasteiger partial charge in [-0.05, 0) is 32.3 Å². The number of hydrogen-bond donors (Lipinski definition) is 2. The Hall–Kier alpha value is -0.520. The van der Waals surface area contributed by atoms with Crippen molar-refractivity contribution in [3.63, 3.8) is 0 Å². The Morgan fingerprint density at radius 2 is 2.09 bits per heavy atom. The van der Waals surface area contributed by atoms with Gasteiger partial charge in [0.25, 0.3) is 0 Å². The van der Waals surface area contributed by atoms with E-state index in [0.717, 1.165) is 30.7 Å². The lowest BCUT2D eigenvalue weighted by Gasteiger charge is -2.36. The summed E-state index contributed by atoms with van der Waals surface area (Å²) in [6.45, 7) is 9.51. The molecular formula is C17H31NO3S. The van der Waals surface area contributed by atoms with Crippen molar-refractivity contribution < 1.29 is 14.3 Å². The third-order valence-corrected chi connectivity index (χ3v) is 4.50. The molecule has 0 unspecified atom stereocenters. The highest BCUT2D eigenvalue weighted by atomic mass is 32.1. The summed E-state index contributed by atoms with van der Waals surface area (Å²) in [5.74, 6) is 0.878. The summed E-state index contributed by atoms with van der Waals surface area (Å²) in [5, 5.41) is 3.48. The molecule has 0 bridgehead atoms. The van der Waals surface area contributed by atoms with Crippen molar-refractivity contribution in [2.75, 3.05) is 18.9 Å². The zero-order valence-electron chi connectivity index (χ0n) is 14.3. The summed E-state index contributed by atoms with van der Waals surface area (Å²) in [7, 11) is 0. The van der Waals surface area contributed by atoms with Gasteiger partial charge in [0.05, 0.1) is 18.8 Å². The monoisotopic (exact) mass is 329 g/mol. The van der Waals surface area contributed by atoms with Crippen molar-refractivity contribution in [2.45, 2.75) is 65.2 Å². The molecule has 0 amide bonds. The first-order valence-corrected chi connectivity index (χ1v) is 9.07. The summed E-state index contributed by atoms with van der Waals surface area (Å²) in [6.07, 6.45) is 4.82. The topological polar surface area (TPSA) is 47.6 Å². The van der Waals surface area contributed by atoms with Gasteiger partial charge < -0.3 is 14.8 Å². The summed E-state index contributed by atoms with van der Waals surface area (Å²) < 4.78 is 11.4. The van der Waals surface area contributed by atoms with Gasteiger partial charge >= 0.3 is 5.97 Å². The van der Waals surface area contributed by atoms with Crippen molar-refractivity contribution in [3.8, 4) is 0 Å². The van der Waals surface area contributed by atoms with E-state index >= 15 is 0 Å². The molecule has 0 heterocycles. The van der Waals surface area contributed by atoms with E-state index in [4.69, 9.17) is 9.47 Å². The van der Waals surface area contributed by atoms with Crippen LogP contribution in [0.2, 0.25) is 0 Å². The van der Waals surface area contributed by atoms with Crippen LogP contribution in [0.1, 0.15) is 47.0 Å². The van der Waals surface area contributed by atoms with Gasteiger partial charge in [-0.1, -0.05) is 20.8 Å². The maximum Gasteiger partial charge on any atom is 0.333 e. The molecule has 0 aromatic carbocycles. The molecule has 5 heteroatoms. The smallest absolute Gasteiger partial charge is 0.333 e. The van der Waals surface area contributed by atoms with Gasteiger partial charge in [-0.25, -0.2) is 4.79 Å². The van der Waals surface area contributed by atoms with E-state index in [1.54, 1.807) is 0 Å². The Morgan fingerprint density at radius 1 is 1.41 bits per heavy atom. The zero-order valence-corrected chi connectivity index (χ0v) is 15.2. The molecule has 0 fully saturated rings. The average molecular weight is 330 g/mol. The fraction of sp³-hybridized carbons (Fsp3) is 0.824. The molecule has 0 radical (unpaired) electrons. The van der Waals surface area contributed by atoms with Crippen LogP contribution < -0.4 is 5.32 Å². The molecule has 128 valence electrons. The first kappa shape index (κ1) is 19.5. The maximum absolute atomic E-state index is 12.1. The van der Waals surface area contributed by atoms with E-state index < -0.39 is 0 Å². The largest absolute Gasteiger partial charge is 0.463 e. The number of esters is 1. The lowest BCUT2D eigenvalue weighted by molar-refractivity contribution is -0.139. The summed E-state index contributed by atoms with van der Waals surface area (Å²) >= 11 is 4.25. The van der Waals surface area contributed by atoms with Crippen LogP contribution in [0.25, 0.3) is 0 Å². The molecule has 1 aliphatic carbocycles. The zero-order chi connectivity index (χ0) is 16.5. The molecule has 0 spiro atoms. The summed E-state index contributed by atoms with van der Waals surface area (Å²) in [5.41, 5.74) is 0.729. The predicted octanol–water partition coefficient (Wildman–Crippen LogP) is 2.98. The molecule has 1 rings (SSSR count). The van der Waals surface area contributed by atoms with Crippen molar-refractivity contribution in [2.24, 2.45) is 5.92 Å². The molecule has 0 saturated carbocycles. The SMILES string of the molecule is CCOC(=O)C1=C[C@@H](OC(CC)CC)[C@H](C)[C@@H](NCCS)C1. The van der Waals surface area contributed by atoms with E-state index in [1.165, 1.54) is 0 Å². The highest BCUT2D eigenvalue weighted by Crippen LogP contribution is 2.29. The lowest BCUT2D eigenvalue weighted by Crippen LogP contribution is -2.46. The third kappa shape index (κ3) is 5.60. The molecule has 1 N–H and O–H groups in total. The van der Waals surface area contributed by atoms with E-state index in [0.29, 0.717) is 18.9 Å². The minimum Gasteiger partial charge on any atom is -0.463 e. The highest BCUT2D eigenvalue weighted by molar-refractivity contribution is 7.80. The second-order valence-corrected chi connectivity index (χ2v) is 6.25. The maximum atomic E-state index is 12.1. The Morgan fingerprint density at radius 3 is 2.64 bits per heavy atom. The van der Waals surface area contributed by atoms with Gasteiger partial charge in [0, 0.05) is 29.8 Å². The summed E-state index contributed by atoms with van der Waals surface area (Å²) in [6, 6.07) is 0.218. The molecule has 0 aromatic rings. The predicted molar refractivity (Wildman–Crippen MR) is 93.4 cm³/mol. The minimum absolute atomic E-state index is 0.0459. The average Bonchev–Trinajstić information content (AvgIpc) is 2.52. The number of rotatable bonds is 9. The molecule has 22 heavy (non-hydrogen) atoms. The van der Waals surface area contributed by atoms with Crippen molar-refractivity contribution in [1.82, 2.24) is 5.32 Å². The second kappa shape index (κ2) is 10.3. The van der Waals surface area contributed by atoms with Gasteiger partial charge in [-0.2, -0.15) is 12.6 Å². The van der Waals surface area contributed by atoms with Gasteiger partial charge in [-0.15, -0.1) is 0 Å². The van der Waals surface area contributed by atoms with Crippen LogP contribution in [-0.2, 0) is 14.3 Å². The van der Waals surface area contributed by atoms with Gasteiger partial charge in [0.1, 0.15) is 0 Å². The van der Waals surface area contributed by atoms with Crippen LogP contribution in [-0.4, -0.2) is 43.1 Å². The molecule has 4 nitrogen and oxygen atoms in total. The third-order valence-electron chi connectivity index (χ3n) is 4.27. The molecule has 1 aliphatic rings. The minimum atomic E-state index is -0.217. The molecule has 0 aromatic heterocycles. The normalized spacial score (nSPS) is 25.2. The van der Waals surface area contributed by atoms with Crippen LogP contribution >= 0.6 is 12.6 Å². The van der Waals surface area contributed by atoms with Gasteiger partial charge in [0.15, 0.2) is 0 Å². The van der Waals surface area contributed by atoms with E-state index in [1.807, 2.05) is 13.0 Å². The number of hydrogen-bond acceptors (Lipinski definition) is 5. The fourth-order valence-corrected chi connectivity index (χ4v) is 2.95. The van der Waals surface area contributed by atoms with Gasteiger partial charge in [-0.3, -0.25) is 0 Å². The van der Waals surface area contributed by atoms with E-state index in [2.05, 4.69) is 38.7 Å². The Bertz CT molecular complexity index is 369. The standard InChI is InChI=1S/C17H31NO3S/c1-5-14(6-2)21-16-11-13(17(19)20-7-3)10-15(12(16)4)18-8-9-22/h11-12,14-16,18,22H,5-10H2,1-4H3/t12-,15+,16-/m1/s1. The first-order chi connectivity index (χ1) is 10.6. The number of carbonyl (C=O) groups is 1. The molecule has 3 atom stereocenters. The van der Waals surface area contributed by atoms with Crippen LogP contribution in [0, 0.1) is 5.92 Å². The quantitative estimate of drug-likeness (QED) is 0.504. The number of carbonyl (C=O) groups excluding carboxylic acids is 1. The Balaban J connectivity index is 2.88. The van der Waals surface area contributed by atoms with Crippen LogP contribution in [0.5, 0.6) is 0 Å². The van der Waals surface area contributed by atoms with Crippen molar-refractivity contribution >= 4 is 18.6 Å². The number of thiol groups is 1. The molecule has 0 aliphatic heterocycles. The Kier molecular flexibility index (Phi) is 9.13. The molecular weight excluding hydrogens is 298 g/mol. The van der Waals surface area contributed by atoms with Gasteiger partial charge in [0.2, 0.25) is 0 Å². The van der Waals surface area contributed by atoms with Crippen LogP contribution in [0.4, 0.5) is 0 Å².